The van der Waals surface area contributed by atoms with Crippen molar-refractivity contribution >= 4 is 21.6 Å². The minimum atomic E-state index is 0.859. The van der Waals surface area contributed by atoms with Crippen LogP contribution in [0.2, 0.25) is 0 Å². The molecular weight excluding hydrogens is 276 g/mol. The maximum atomic E-state index is 3.55. The van der Waals surface area contributed by atoms with Gasteiger partial charge in [0, 0.05) is 28.6 Å². The Kier molecular flexibility index (Phi) is 3.89. The summed E-state index contributed by atoms with van der Waals surface area (Å²) in [4.78, 5) is 0. The molecule has 2 aromatic rings. The van der Waals surface area contributed by atoms with E-state index in [-0.39, 0.29) is 0 Å². The van der Waals surface area contributed by atoms with Crippen molar-refractivity contribution in [2.24, 2.45) is 0 Å². The monoisotopic (exact) mass is 292 g/mol. The van der Waals surface area contributed by atoms with Crippen molar-refractivity contribution in [3.63, 3.8) is 0 Å². The Bertz CT molecular complexity index is 503. The molecule has 0 aliphatic heterocycles. The van der Waals surface area contributed by atoms with Gasteiger partial charge in [-0.05, 0) is 43.7 Å². The summed E-state index contributed by atoms with van der Waals surface area (Å²) in [7, 11) is 0. The number of halogens is 1. The third-order valence-corrected chi connectivity index (χ3v) is 3.85. The fourth-order valence-electron chi connectivity index (χ4n) is 1.90. The normalized spacial score (nSPS) is 10.5. The van der Waals surface area contributed by atoms with Crippen LogP contribution in [0, 0.1) is 6.92 Å². The van der Waals surface area contributed by atoms with Gasteiger partial charge in [-0.15, -0.1) is 0 Å². The molecular formula is C14H17BrN2. The van der Waals surface area contributed by atoms with Crippen LogP contribution in [0.1, 0.15) is 18.2 Å². The van der Waals surface area contributed by atoms with Crippen LogP contribution in [0.3, 0.4) is 0 Å². The fourth-order valence-corrected chi connectivity index (χ4v) is 2.27. The Hall–Kier alpha value is -1.22. The zero-order valence-electron chi connectivity index (χ0n) is 10.2. The summed E-state index contributed by atoms with van der Waals surface area (Å²) >= 11 is 3.55. The summed E-state index contributed by atoms with van der Waals surface area (Å²) in [6.07, 6.45) is 2.12. The molecule has 2 nitrogen and oxygen atoms in total. The van der Waals surface area contributed by atoms with Gasteiger partial charge in [-0.1, -0.05) is 22.0 Å². The van der Waals surface area contributed by atoms with Crippen LogP contribution in [0.15, 0.2) is 41.0 Å². The molecule has 0 spiro atoms. The molecule has 0 unspecified atom stereocenters. The minimum Gasteiger partial charge on any atom is -0.379 e. The van der Waals surface area contributed by atoms with E-state index >= 15 is 0 Å². The van der Waals surface area contributed by atoms with Crippen molar-refractivity contribution in [3.05, 3.63) is 52.3 Å². The Morgan fingerprint density at radius 3 is 2.82 bits per heavy atom. The van der Waals surface area contributed by atoms with Gasteiger partial charge in [0.2, 0.25) is 0 Å². The van der Waals surface area contributed by atoms with Crippen molar-refractivity contribution < 1.29 is 0 Å². The van der Waals surface area contributed by atoms with E-state index in [1.54, 1.807) is 0 Å². The first-order valence-corrected chi connectivity index (χ1v) is 6.64. The highest BCUT2D eigenvalue weighted by atomic mass is 79.9. The lowest BCUT2D eigenvalue weighted by atomic mass is 10.2. The van der Waals surface area contributed by atoms with Crippen molar-refractivity contribution in [1.29, 1.82) is 0 Å². The number of anilines is 1. The predicted molar refractivity (Wildman–Crippen MR) is 76.3 cm³/mol. The molecule has 0 radical (unpaired) electrons. The molecule has 0 amide bonds. The third-order valence-electron chi connectivity index (χ3n) is 2.99. The maximum absolute atomic E-state index is 3.55. The van der Waals surface area contributed by atoms with E-state index in [0.717, 1.165) is 17.6 Å². The highest BCUT2D eigenvalue weighted by Gasteiger charge is 2.03. The number of nitrogens with one attached hydrogen (secondary N) is 1. The van der Waals surface area contributed by atoms with Gasteiger partial charge in [0.25, 0.3) is 0 Å². The second kappa shape index (κ2) is 5.41. The van der Waals surface area contributed by atoms with Gasteiger partial charge in [-0.3, -0.25) is 0 Å². The minimum absolute atomic E-state index is 0.859. The molecule has 0 bridgehead atoms. The fraction of sp³-hybridized carbons (Fsp3) is 0.286. The number of aryl methyl sites for hydroxylation is 1. The molecule has 0 saturated carbocycles. The van der Waals surface area contributed by atoms with Gasteiger partial charge >= 0.3 is 0 Å². The Labute approximate surface area is 111 Å². The number of hydrogen-bond donors (Lipinski definition) is 1. The smallest absolute Gasteiger partial charge is 0.0553 e. The molecule has 90 valence electrons. The average molecular weight is 293 g/mol. The van der Waals surface area contributed by atoms with E-state index in [4.69, 9.17) is 0 Å². The largest absolute Gasteiger partial charge is 0.379 e. The number of rotatable bonds is 4. The first-order valence-electron chi connectivity index (χ1n) is 5.85. The third kappa shape index (κ3) is 2.72. The Morgan fingerprint density at radius 2 is 2.06 bits per heavy atom. The molecule has 0 atom stereocenters. The number of aromatic nitrogens is 1. The molecule has 0 saturated heterocycles. The quantitative estimate of drug-likeness (QED) is 0.894. The Balaban J connectivity index is 2.10. The van der Waals surface area contributed by atoms with Gasteiger partial charge in [-0.2, -0.15) is 0 Å². The van der Waals surface area contributed by atoms with Crippen LogP contribution in [-0.4, -0.2) is 4.57 Å². The van der Waals surface area contributed by atoms with Gasteiger partial charge in [-0.25, -0.2) is 0 Å². The maximum Gasteiger partial charge on any atom is 0.0553 e. The van der Waals surface area contributed by atoms with E-state index in [2.05, 4.69) is 76.2 Å². The van der Waals surface area contributed by atoms with Crippen LogP contribution < -0.4 is 5.32 Å². The van der Waals surface area contributed by atoms with E-state index in [1.807, 2.05) is 0 Å². The standard InChI is InChI=1S/C14H17BrN2/c1-3-17-9-5-6-12(17)10-16-14-8-4-7-13(15)11(14)2/h4-9,16H,3,10H2,1-2H3. The van der Waals surface area contributed by atoms with Crippen molar-refractivity contribution in [2.45, 2.75) is 26.9 Å². The van der Waals surface area contributed by atoms with Gasteiger partial charge in [0.1, 0.15) is 0 Å². The van der Waals surface area contributed by atoms with Gasteiger partial charge < -0.3 is 9.88 Å². The van der Waals surface area contributed by atoms with E-state index in [9.17, 15) is 0 Å². The van der Waals surface area contributed by atoms with E-state index in [0.29, 0.717) is 0 Å². The second-order valence-electron chi connectivity index (χ2n) is 4.05. The second-order valence-corrected chi connectivity index (χ2v) is 4.91. The SMILES string of the molecule is CCn1cccc1CNc1cccc(Br)c1C. The van der Waals surface area contributed by atoms with Crippen LogP contribution >= 0.6 is 15.9 Å². The number of nitrogens with zero attached hydrogens (tertiary/aromatic N) is 1. The lowest BCUT2D eigenvalue weighted by Gasteiger charge is -2.12. The summed E-state index contributed by atoms with van der Waals surface area (Å²) in [6, 6.07) is 10.5. The average Bonchev–Trinajstić information content (AvgIpc) is 2.78. The molecule has 3 heteroatoms. The highest BCUT2D eigenvalue weighted by molar-refractivity contribution is 9.10. The van der Waals surface area contributed by atoms with E-state index < -0.39 is 0 Å². The molecule has 0 fully saturated rings. The highest BCUT2D eigenvalue weighted by Crippen LogP contribution is 2.23. The zero-order valence-corrected chi connectivity index (χ0v) is 11.8. The van der Waals surface area contributed by atoms with Crippen LogP contribution in [-0.2, 0) is 13.1 Å². The van der Waals surface area contributed by atoms with Crippen molar-refractivity contribution in [2.75, 3.05) is 5.32 Å². The number of hydrogen-bond acceptors (Lipinski definition) is 1. The Morgan fingerprint density at radius 1 is 1.24 bits per heavy atom. The van der Waals surface area contributed by atoms with Gasteiger partial charge in [0.05, 0.1) is 6.54 Å². The summed E-state index contributed by atoms with van der Waals surface area (Å²) in [6.45, 7) is 6.15. The summed E-state index contributed by atoms with van der Waals surface area (Å²) in [5, 5.41) is 3.48. The zero-order chi connectivity index (χ0) is 12.3. The lowest BCUT2D eigenvalue weighted by molar-refractivity contribution is 0.724. The summed E-state index contributed by atoms with van der Waals surface area (Å²) in [5.41, 5.74) is 3.75. The molecule has 0 aliphatic carbocycles. The topological polar surface area (TPSA) is 17.0 Å². The van der Waals surface area contributed by atoms with Crippen molar-refractivity contribution in [1.82, 2.24) is 4.57 Å². The number of benzene rings is 1. The predicted octanol–water partition coefficient (Wildman–Crippen LogP) is 4.19. The molecule has 0 aliphatic rings. The van der Waals surface area contributed by atoms with Crippen LogP contribution in [0.4, 0.5) is 5.69 Å². The lowest BCUT2D eigenvalue weighted by Crippen LogP contribution is -2.06. The molecule has 1 heterocycles. The molecule has 1 aromatic heterocycles. The molecule has 1 N–H and O–H groups in total. The first-order chi connectivity index (χ1) is 8.22. The first kappa shape index (κ1) is 12.2. The van der Waals surface area contributed by atoms with Crippen LogP contribution in [0.25, 0.3) is 0 Å². The van der Waals surface area contributed by atoms with Gasteiger partial charge in [0.15, 0.2) is 0 Å². The van der Waals surface area contributed by atoms with Crippen LogP contribution in [0.5, 0.6) is 0 Å². The summed E-state index contributed by atoms with van der Waals surface area (Å²) in [5.74, 6) is 0. The molecule has 2 rings (SSSR count). The summed E-state index contributed by atoms with van der Waals surface area (Å²) < 4.78 is 3.40. The molecule has 1 aromatic carbocycles. The molecule has 17 heavy (non-hydrogen) atoms. The van der Waals surface area contributed by atoms with E-state index in [1.165, 1.54) is 16.9 Å². The van der Waals surface area contributed by atoms with Crippen molar-refractivity contribution in [3.8, 4) is 0 Å².